The molecule has 2 N–H and O–H groups in total. The topological polar surface area (TPSA) is 136 Å². The number of fused-ring (bicyclic) bond motifs is 1. The van der Waals surface area contributed by atoms with Gasteiger partial charge in [0.15, 0.2) is 5.82 Å². The number of pyridine rings is 1. The van der Waals surface area contributed by atoms with Gasteiger partial charge in [-0.25, -0.2) is 28.9 Å². The average molecular weight is 460 g/mol. The number of aromatic nitrogens is 3. The molecule has 3 heterocycles. The summed E-state index contributed by atoms with van der Waals surface area (Å²) in [6.07, 6.45) is 2.12. The molecule has 166 valence electrons. The second-order valence-electron chi connectivity index (χ2n) is 6.55. The van der Waals surface area contributed by atoms with E-state index in [1.54, 1.807) is 12.1 Å². The van der Waals surface area contributed by atoms with Gasteiger partial charge in [0.05, 0.1) is 13.1 Å². The summed E-state index contributed by atoms with van der Waals surface area (Å²) in [7, 11) is -2.48. The van der Waals surface area contributed by atoms with Gasteiger partial charge in [0.1, 0.15) is 23.1 Å². The first-order valence-corrected chi connectivity index (χ1v) is 10.7. The molecule has 0 aliphatic carbocycles. The predicted molar refractivity (Wildman–Crippen MR) is 110 cm³/mol. The van der Waals surface area contributed by atoms with Crippen LogP contribution in [-0.2, 0) is 23.3 Å². The summed E-state index contributed by atoms with van der Waals surface area (Å²) in [6.45, 7) is 0.188. The highest BCUT2D eigenvalue weighted by atomic mass is 32.2. The monoisotopic (exact) mass is 460 g/mol. The fraction of sp³-hybridized carbons (Fsp3) is 0.158. The van der Waals surface area contributed by atoms with E-state index in [-0.39, 0.29) is 42.1 Å². The molecule has 0 radical (unpaired) electrons. The van der Waals surface area contributed by atoms with Crippen LogP contribution < -0.4 is 18.9 Å². The average Bonchev–Trinajstić information content (AvgIpc) is 2.76. The van der Waals surface area contributed by atoms with Crippen LogP contribution in [0.25, 0.3) is 0 Å². The fourth-order valence-corrected chi connectivity index (χ4v) is 3.31. The van der Waals surface area contributed by atoms with E-state index in [9.17, 15) is 17.6 Å². The standard InChI is InChI=1S/C19H17FN6O5S/c1-21-32(28,29)25-16-6-8-22-17(24-16)11-26-10-12-4-5-13(9-15(12)31-19(26)27)30-18-14(20)3-2-7-23-18/h2-9,21H,10-11H2,1H3,(H,22,24,25). The van der Waals surface area contributed by atoms with Crippen molar-refractivity contribution in [3.8, 4) is 17.4 Å². The van der Waals surface area contributed by atoms with E-state index in [1.165, 1.54) is 48.6 Å². The van der Waals surface area contributed by atoms with E-state index < -0.39 is 22.1 Å². The van der Waals surface area contributed by atoms with Gasteiger partial charge >= 0.3 is 6.09 Å². The fourth-order valence-electron chi connectivity index (χ4n) is 2.82. The second kappa shape index (κ2) is 8.72. The van der Waals surface area contributed by atoms with Crippen molar-refractivity contribution in [2.24, 2.45) is 0 Å². The summed E-state index contributed by atoms with van der Waals surface area (Å²) in [5, 5.41) is 0. The molecule has 32 heavy (non-hydrogen) atoms. The lowest BCUT2D eigenvalue weighted by Crippen LogP contribution is -2.37. The number of anilines is 1. The molecule has 1 amide bonds. The Morgan fingerprint density at radius 3 is 2.84 bits per heavy atom. The number of hydrogen-bond acceptors (Lipinski definition) is 8. The summed E-state index contributed by atoms with van der Waals surface area (Å²) in [4.78, 5) is 25.8. The summed E-state index contributed by atoms with van der Waals surface area (Å²) >= 11 is 0. The van der Waals surface area contributed by atoms with Crippen LogP contribution in [0, 0.1) is 5.82 Å². The number of carbonyl (C=O) groups is 1. The molecule has 0 atom stereocenters. The molecule has 0 spiro atoms. The van der Waals surface area contributed by atoms with Crippen LogP contribution >= 0.6 is 0 Å². The van der Waals surface area contributed by atoms with E-state index >= 15 is 0 Å². The number of nitrogens with zero attached hydrogens (tertiary/aromatic N) is 4. The maximum absolute atomic E-state index is 13.7. The number of hydrogen-bond donors (Lipinski definition) is 2. The minimum Gasteiger partial charge on any atom is -0.436 e. The number of halogens is 1. The van der Waals surface area contributed by atoms with Crippen molar-refractivity contribution in [1.29, 1.82) is 0 Å². The molecular formula is C19H17FN6O5S. The molecule has 13 heteroatoms. The van der Waals surface area contributed by atoms with Crippen molar-refractivity contribution < 1.29 is 27.1 Å². The zero-order valence-electron chi connectivity index (χ0n) is 16.6. The van der Waals surface area contributed by atoms with Gasteiger partial charge in [-0.15, -0.1) is 0 Å². The van der Waals surface area contributed by atoms with E-state index in [2.05, 4.69) is 24.4 Å². The molecule has 2 aromatic heterocycles. The predicted octanol–water partition coefficient (Wildman–Crippen LogP) is 2.19. The molecule has 0 fully saturated rings. The number of nitrogens with one attached hydrogen (secondary N) is 2. The minimum absolute atomic E-state index is 0.00913. The van der Waals surface area contributed by atoms with Crippen molar-refractivity contribution >= 4 is 22.1 Å². The van der Waals surface area contributed by atoms with Gasteiger partial charge in [0.25, 0.3) is 16.1 Å². The van der Waals surface area contributed by atoms with Crippen molar-refractivity contribution in [2.45, 2.75) is 13.1 Å². The Morgan fingerprint density at radius 1 is 1.22 bits per heavy atom. The van der Waals surface area contributed by atoms with Gasteiger partial charge in [-0.05, 0) is 30.3 Å². The second-order valence-corrected chi connectivity index (χ2v) is 8.17. The van der Waals surface area contributed by atoms with Crippen LogP contribution in [0.5, 0.6) is 17.4 Å². The highest BCUT2D eigenvalue weighted by molar-refractivity contribution is 7.90. The van der Waals surface area contributed by atoms with Crippen LogP contribution in [0.2, 0.25) is 0 Å². The molecule has 0 bridgehead atoms. The first kappa shape index (κ1) is 21.4. The molecular weight excluding hydrogens is 443 g/mol. The largest absolute Gasteiger partial charge is 0.436 e. The van der Waals surface area contributed by atoms with Crippen LogP contribution in [0.3, 0.4) is 0 Å². The molecule has 11 nitrogen and oxygen atoms in total. The Morgan fingerprint density at radius 2 is 2.06 bits per heavy atom. The summed E-state index contributed by atoms with van der Waals surface area (Å²) < 4.78 is 52.1. The number of amides is 1. The number of carbonyl (C=O) groups excluding carboxylic acids is 1. The third-order valence-electron chi connectivity index (χ3n) is 4.34. The quantitative estimate of drug-likeness (QED) is 0.548. The smallest absolute Gasteiger partial charge is 0.415 e. The van der Waals surface area contributed by atoms with Gasteiger partial charge in [0.2, 0.25) is 0 Å². The van der Waals surface area contributed by atoms with Gasteiger partial charge in [-0.3, -0.25) is 9.62 Å². The van der Waals surface area contributed by atoms with Crippen molar-refractivity contribution in [3.05, 3.63) is 66.0 Å². The van der Waals surface area contributed by atoms with Gasteiger partial charge in [0, 0.05) is 31.1 Å². The molecule has 1 aromatic carbocycles. The minimum atomic E-state index is -3.74. The van der Waals surface area contributed by atoms with Crippen molar-refractivity contribution in [3.63, 3.8) is 0 Å². The first-order valence-electron chi connectivity index (χ1n) is 9.24. The molecule has 4 rings (SSSR count). The molecule has 3 aromatic rings. The SMILES string of the molecule is CNS(=O)(=O)Nc1ccnc(CN2Cc3ccc(Oc4ncccc4F)cc3OC2=O)n1. The molecule has 1 aliphatic rings. The number of ether oxygens (including phenoxy) is 2. The summed E-state index contributed by atoms with van der Waals surface area (Å²) in [5.41, 5.74) is 0.686. The third kappa shape index (κ3) is 4.90. The Kier molecular flexibility index (Phi) is 5.83. The zero-order chi connectivity index (χ0) is 22.7. The van der Waals surface area contributed by atoms with Crippen molar-refractivity contribution in [1.82, 2.24) is 24.6 Å². The highest BCUT2D eigenvalue weighted by Gasteiger charge is 2.26. The van der Waals surface area contributed by atoms with Gasteiger partial charge in [-0.2, -0.15) is 8.42 Å². The normalized spacial score (nSPS) is 13.3. The van der Waals surface area contributed by atoms with E-state index in [4.69, 9.17) is 9.47 Å². The Hall–Kier alpha value is -3.84. The molecule has 0 saturated carbocycles. The Labute approximate surface area is 182 Å². The third-order valence-corrected chi connectivity index (χ3v) is 5.36. The summed E-state index contributed by atoms with van der Waals surface area (Å²) in [6, 6.07) is 8.81. The van der Waals surface area contributed by atoms with E-state index in [0.29, 0.717) is 5.56 Å². The molecule has 0 saturated heterocycles. The lowest BCUT2D eigenvalue weighted by Gasteiger charge is -2.27. The number of benzene rings is 1. The molecule has 0 unspecified atom stereocenters. The van der Waals surface area contributed by atoms with E-state index in [1.807, 2.05) is 0 Å². The highest BCUT2D eigenvalue weighted by Crippen LogP contribution is 2.32. The number of rotatable bonds is 7. The van der Waals surface area contributed by atoms with Crippen LogP contribution in [0.1, 0.15) is 11.4 Å². The Balaban J connectivity index is 1.47. The lowest BCUT2D eigenvalue weighted by molar-refractivity contribution is 0.133. The summed E-state index contributed by atoms with van der Waals surface area (Å²) in [5.74, 6) is -0.00675. The first-order chi connectivity index (χ1) is 15.3. The van der Waals surface area contributed by atoms with Crippen molar-refractivity contribution in [2.75, 3.05) is 11.8 Å². The maximum Gasteiger partial charge on any atom is 0.415 e. The molecule has 1 aliphatic heterocycles. The van der Waals surface area contributed by atoms with Gasteiger partial charge < -0.3 is 9.47 Å². The van der Waals surface area contributed by atoms with Crippen LogP contribution in [0.4, 0.5) is 15.0 Å². The van der Waals surface area contributed by atoms with Gasteiger partial charge in [-0.1, -0.05) is 0 Å². The van der Waals surface area contributed by atoms with Crippen LogP contribution in [0.15, 0.2) is 48.8 Å². The Bertz CT molecular complexity index is 1270. The maximum atomic E-state index is 13.7. The van der Waals surface area contributed by atoms with Crippen LogP contribution in [-0.4, -0.2) is 41.4 Å². The van der Waals surface area contributed by atoms with E-state index in [0.717, 1.165) is 0 Å². The zero-order valence-corrected chi connectivity index (χ0v) is 17.5. The lowest BCUT2D eigenvalue weighted by atomic mass is 10.1.